The number of anilines is 2. The number of nitrogens with two attached hydrogens (primary N) is 1. The Morgan fingerprint density at radius 3 is 2.47 bits per heavy atom. The van der Waals surface area contributed by atoms with Crippen LogP contribution in [0, 0.1) is 0 Å². The highest BCUT2D eigenvalue weighted by atomic mass is 16.2. The van der Waals surface area contributed by atoms with Crippen molar-refractivity contribution in [2.45, 2.75) is 18.9 Å². The lowest BCUT2D eigenvalue weighted by Gasteiger charge is -2.32. The molecule has 0 spiro atoms. The second kappa shape index (κ2) is 9.09. The summed E-state index contributed by atoms with van der Waals surface area (Å²) in [5.74, 6) is -0.609. The Morgan fingerprint density at radius 1 is 1.12 bits per heavy atom. The van der Waals surface area contributed by atoms with Crippen LogP contribution in [0.1, 0.15) is 29.2 Å². The number of aromatic nitrogens is 2. The third-order valence-electron chi connectivity index (χ3n) is 5.93. The number of likely N-dealkylation sites (tertiary alicyclic amines) is 1. The molecule has 1 aliphatic rings. The Balaban J connectivity index is 1.61. The molecule has 0 bridgehead atoms. The smallest absolute Gasteiger partial charge is 0.252 e. The van der Waals surface area contributed by atoms with E-state index in [4.69, 9.17) is 10.8 Å². The standard InChI is InChI=1S/C25H27N5O2/c1-3-23(31)29-15-7-10-21(16-29)30-17-22(25(26)32)24(27-30)18-11-13-20(14-12-18)28(2)19-8-5-4-6-9-19/h3-6,8-9,11-14,17,21H,1,7,10,15-16H2,2H3,(H2,26,32). The van der Waals surface area contributed by atoms with Crippen molar-refractivity contribution in [2.75, 3.05) is 25.0 Å². The fraction of sp³-hybridized carbons (Fsp3) is 0.240. The highest BCUT2D eigenvalue weighted by Crippen LogP contribution is 2.30. The van der Waals surface area contributed by atoms with Gasteiger partial charge in [-0.2, -0.15) is 5.10 Å². The van der Waals surface area contributed by atoms with E-state index in [2.05, 4.69) is 11.5 Å². The Kier molecular flexibility index (Phi) is 6.07. The number of benzene rings is 2. The molecule has 7 nitrogen and oxygen atoms in total. The fourth-order valence-electron chi connectivity index (χ4n) is 4.12. The van der Waals surface area contributed by atoms with Crippen LogP contribution in [-0.2, 0) is 4.79 Å². The van der Waals surface area contributed by atoms with Crippen LogP contribution in [0.4, 0.5) is 11.4 Å². The van der Waals surface area contributed by atoms with Crippen LogP contribution in [0.5, 0.6) is 0 Å². The van der Waals surface area contributed by atoms with Gasteiger partial charge in [-0.1, -0.05) is 36.9 Å². The van der Waals surface area contributed by atoms with Gasteiger partial charge in [0.2, 0.25) is 5.91 Å². The summed E-state index contributed by atoms with van der Waals surface area (Å²) in [6.45, 7) is 4.81. The minimum Gasteiger partial charge on any atom is -0.365 e. The van der Waals surface area contributed by atoms with Crippen molar-refractivity contribution >= 4 is 23.2 Å². The Labute approximate surface area is 187 Å². The molecule has 1 fully saturated rings. The third-order valence-corrected chi connectivity index (χ3v) is 5.93. The first-order valence-corrected chi connectivity index (χ1v) is 10.7. The first-order chi connectivity index (χ1) is 15.5. The van der Waals surface area contributed by atoms with Crippen molar-refractivity contribution in [3.05, 3.63) is 79.0 Å². The second-order valence-electron chi connectivity index (χ2n) is 7.96. The van der Waals surface area contributed by atoms with Crippen LogP contribution in [0.3, 0.4) is 0 Å². The van der Waals surface area contributed by atoms with Crippen LogP contribution in [0.25, 0.3) is 11.3 Å². The first kappa shape index (κ1) is 21.4. The number of piperidine rings is 1. The molecular weight excluding hydrogens is 402 g/mol. The molecule has 0 saturated carbocycles. The number of para-hydroxylation sites is 1. The van der Waals surface area contributed by atoms with Gasteiger partial charge in [0.1, 0.15) is 5.69 Å². The van der Waals surface area contributed by atoms with E-state index in [1.54, 1.807) is 15.8 Å². The van der Waals surface area contributed by atoms with E-state index >= 15 is 0 Å². The van der Waals surface area contributed by atoms with E-state index in [0.29, 0.717) is 24.3 Å². The lowest BCUT2D eigenvalue weighted by atomic mass is 10.1. The van der Waals surface area contributed by atoms with Gasteiger partial charge >= 0.3 is 0 Å². The van der Waals surface area contributed by atoms with Gasteiger partial charge in [0.25, 0.3) is 5.91 Å². The summed E-state index contributed by atoms with van der Waals surface area (Å²) in [4.78, 5) is 28.0. The largest absolute Gasteiger partial charge is 0.365 e. The van der Waals surface area contributed by atoms with E-state index in [1.165, 1.54) is 6.08 Å². The number of amides is 2. The molecule has 1 atom stereocenters. The van der Waals surface area contributed by atoms with Crippen molar-refractivity contribution in [1.82, 2.24) is 14.7 Å². The molecule has 4 rings (SSSR count). The summed E-state index contributed by atoms with van der Waals surface area (Å²) < 4.78 is 1.78. The van der Waals surface area contributed by atoms with E-state index < -0.39 is 5.91 Å². The normalized spacial score (nSPS) is 15.9. The van der Waals surface area contributed by atoms with Gasteiger partial charge in [-0.3, -0.25) is 14.3 Å². The lowest BCUT2D eigenvalue weighted by molar-refractivity contribution is -0.127. The van der Waals surface area contributed by atoms with Gasteiger partial charge in [-0.05, 0) is 43.2 Å². The summed E-state index contributed by atoms with van der Waals surface area (Å²) >= 11 is 0. The lowest BCUT2D eigenvalue weighted by Crippen LogP contribution is -2.40. The predicted octanol–water partition coefficient (Wildman–Crippen LogP) is 3.77. The van der Waals surface area contributed by atoms with Crippen molar-refractivity contribution in [3.63, 3.8) is 0 Å². The zero-order chi connectivity index (χ0) is 22.7. The molecule has 2 heterocycles. The highest BCUT2D eigenvalue weighted by molar-refractivity contribution is 5.98. The average molecular weight is 430 g/mol. The Hall–Kier alpha value is -3.87. The fourth-order valence-corrected chi connectivity index (χ4v) is 4.12. The number of carbonyl (C=O) groups excluding carboxylic acids is 2. The van der Waals surface area contributed by atoms with Gasteiger partial charge in [-0.25, -0.2) is 0 Å². The van der Waals surface area contributed by atoms with Crippen LogP contribution >= 0.6 is 0 Å². The summed E-state index contributed by atoms with van der Waals surface area (Å²) in [6.07, 6.45) is 4.78. The number of nitrogens with zero attached hydrogens (tertiary/aromatic N) is 4. The van der Waals surface area contributed by atoms with Crippen LogP contribution in [0.15, 0.2) is 73.4 Å². The molecule has 3 aromatic rings. The maximum Gasteiger partial charge on any atom is 0.252 e. The van der Waals surface area contributed by atoms with Gasteiger partial charge < -0.3 is 15.5 Å². The maximum atomic E-state index is 12.2. The quantitative estimate of drug-likeness (QED) is 0.605. The molecule has 32 heavy (non-hydrogen) atoms. The Bertz CT molecular complexity index is 1120. The summed E-state index contributed by atoms with van der Waals surface area (Å²) in [7, 11) is 2.01. The Morgan fingerprint density at radius 2 is 1.81 bits per heavy atom. The zero-order valence-corrected chi connectivity index (χ0v) is 18.1. The second-order valence-corrected chi connectivity index (χ2v) is 7.96. The summed E-state index contributed by atoms with van der Waals surface area (Å²) in [6, 6.07) is 18.0. The summed E-state index contributed by atoms with van der Waals surface area (Å²) in [5.41, 5.74) is 9.52. The first-order valence-electron chi connectivity index (χ1n) is 10.7. The molecule has 0 aliphatic carbocycles. The van der Waals surface area contributed by atoms with Crippen molar-refractivity contribution in [2.24, 2.45) is 5.73 Å². The highest BCUT2D eigenvalue weighted by Gasteiger charge is 2.26. The number of primary amides is 1. The average Bonchev–Trinajstić information content (AvgIpc) is 3.30. The molecule has 0 radical (unpaired) electrons. The minimum absolute atomic E-state index is 0.0111. The van der Waals surface area contributed by atoms with Crippen LogP contribution in [-0.4, -0.2) is 46.6 Å². The maximum absolute atomic E-state index is 12.2. The van der Waals surface area contributed by atoms with Crippen LogP contribution < -0.4 is 10.6 Å². The number of hydrogen-bond acceptors (Lipinski definition) is 4. The van der Waals surface area contributed by atoms with Crippen LogP contribution in [0.2, 0.25) is 0 Å². The third kappa shape index (κ3) is 4.27. The zero-order valence-electron chi connectivity index (χ0n) is 18.1. The van der Waals surface area contributed by atoms with E-state index in [9.17, 15) is 9.59 Å². The van der Waals surface area contributed by atoms with E-state index in [1.807, 2.05) is 61.6 Å². The number of hydrogen-bond donors (Lipinski definition) is 1. The minimum atomic E-state index is -0.522. The van der Waals surface area contributed by atoms with Gasteiger partial charge in [0, 0.05) is 43.3 Å². The van der Waals surface area contributed by atoms with Gasteiger partial charge in [0.05, 0.1) is 11.6 Å². The number of rotatable bonds is 6. The topological polar surface area (TPSA) is 84.5 Å². The molecule has 1 aromatic heterocycles. The van der Waals surface area contributed by atoms with Crippen molar-refractivity contribution in [1.29, 1.82) is 0 Å². The molecule has 2 amide bonds. The molecule has 2 N–H and O–H groups in total. The van der Waals surface area contributed by atoms with Crippen molar-refractivity contribution in [3.8, 4) is 11.3 Å². The molecule has 7 heteroatoms. The van der Waals surface area contributed by atoms with E-state index in [-0.39, 0.29) is 11.9 Å². The molecule has 1 unspecified atom stereocenters. The molecular formula is C25H27N5O2. The van der Waals surface area contributed by atoms with Crippen molar-refractivity contribution < 1.29 is 9.59 Å². The SMILES string of the molecule is C=CC(=O)N1CCCC(n2cc(C(N)=O)c(-c3ccc(N(C)c4ccccc4)cc3)n2)C1. The van der Waals surface area contributed by atoms with Gasteiger partial charge in [-0.15, -0.1) is 0 Å². The monoisotopic (exact) mass is 429 g/mol. The van der Waals surface area contributed by atoms with E-state index in [0.717, 1.165) is 29.8 Å². The summed E-state index contributed by atoms with van der Waals surface area (Å²) in [5, 5.41) is 4.72. The molecule has 2 aromatic carbocycles. The molecule has 1 aliphatic heterocycles. The predicted molar refractivity (Wildman–Crippen MR) is 126 cm³/mol. The molecule has 164 valence electrons. The molecule has 1 saturated heterocycles. The number of carbonyl (C=O) groups is 2. The van der Waals surface area contributed by atoms with Gasteiger partial charge in [0.15, 0.2) is 0 Å².